The normalized spacial score (nSPS) is 11.8. The molecule has 3 heteroatoms. The van der Waals surface area contributed by atoms with Crippen LogP contribution in [0.2, 0.25) is 0 Å². The topological polar surface area (TPSA) is 26.2 Å². The van der Waals surface area contributed by atoms with E-state index in [1.165, 1.54) is 27.4 Å². The maximum absolute atomic E-state index is 5.57. The molecule has 1 heterocycles. The number of benzene rings is 2. The number of hydrogen-bond acceptors (Lipinski definition) is 2. The first-order chi connectivity index (χ1) is 11.7. The summed E-state index contributed by atoms with van der Waals surface area (Å²) in [4.78, 5) is 0. The molecule has 0 spiro atoms. The molecule has 0 aliphatic heterocycles. The third-order valence-electron chi connectivity index (χ3n) is 4.43. The molecular formula is C21H28N2O. The van der Waals surface area contributed by atoms with Crippen LogP contribution >= 0.6 is 0 Å². The van der Waals surface area contributed by atoms with E-state index in [-0.39, 0.29) is 0 Å². The maximum Gasteiger partial charge on any atom is 0.0518 e. The zero-order valence-electron chi connectivity index (χ0n) is 15.0. The van der Waals surface area contributed by atoms with E-state index < -0.39 is 0 Å². The summed E-state index contributed by atoms with van der Waals surface area (Å²) in [6.45, 7) is 10.1. The summed E-state index contributed by atoms with van der Waals surface area (Å²) in [6.07, 6.45) is 1.37. The Kier molecular flexibility index (Phi) is 5.54. The first kappa shape index (κ1) is 17.0. The molecule has 1 aromatic heterocycles. The number of aryl methyl sites for hydroxylation is 1. The van der Waals surface area contributed by atoms with E-state index in [9.17, 15) is 0 Å². The number of ether oxygens (including phenoxy) is 1. The molecule has 24 heavy (non-hydrogen) atoms. The molecule has 0 radical (unpaired) electrons. The van der Waals surface area contributed by atoms with Gasteiger partial charge >= 0.3 is 0 Å². The molecule has 0 fully saturated rings. The third kappa shape index (κ3) is 3.63. The lowest BCUT2D eigenvalue weighted by Gasteiger charge is -2.08. The molecule has 3 aromatic rings. The lowest BCUT2D eigenvalue weighted by molar-refractivity contribution is 0.0770. The Bertz CT molecular complexity index is 804. The van der Waals surface area contributed by atoms with Gasteiger partial charge in [-0.1, -0.05) is 24.3 Å². The quantitative estimate of drug-likeness (QED) is 0.607. The molecule has 0 amide bonds. The Morgan fingerprint density at radius 3 is 2.62 bits per heavy atom. The first-order valence-corrected chi connectivity index (χ1v) is 9.03. The van der Waals surface area contributed by atoms with Crippen molar-refractivity contribution in [2.75, 3.05) is 13.2 Å². The van der Waals surface area contributed by atoms with E-state index in [1.54, 1.807) is 0 Å². The number of hydrogen-bond donors (Lipinski definition) is 1. The summed E-state index contributed by atoms with van der Waals surface area (Å²) >= 11 is 0. The number of nitrogens with zero attached hydrogens (tertiary/aromatic N) is 1. The van der Waals surface area contributed by atoms with Gasteiger partial charge in [-0.3, -0.25) is 0 Å². The van der Waals surface area contributed by atoms with Crippen molar-refractivity contribution in [3.8, 4) is 0 Å². The number of fused-ring (bicyclic) bond motifs is 3. The van der Waals surface area contributed by atoms with E-state index in [0.29, 0.717) is 6.10 Å². The summed E-state index contributed by atoms with van der Waals surface area (Å²) in [7, 11) is 0. The van der Waals surface area contributed by atoms with Gasteiger partial charge < -0.3 is 14.6 Å². The fourth-order valence-electron chi connectivity index (χ4n) is 3.30. The van der Waals surface area contributed by atoms with Gasteiger partial charge in [0.05, 0.1) is 6.10 Å². The first-order valence-electron chi connectivity index (χ1n) is 9.03. The average molecular weight is 324 g/mol. The summed E-state index contributed by atoms with van der Waals surface area (Å²) in [5.41, 5.74) is 3.99. The highest BCUT2D eigenvalue weighted by Gasteiger charge is 2.09. The molecule has 3 nitrogen and oxygen atoms in total. The van der Waals surface area contributed by atoms with Gasteiger partial charge in [0.25, 0.3) is 0 Å². The van der Waals surface area contributed by atoms with Gasteiger partial charge in [-0.25, -0.2) is 0 Å². The van der Waals surface area contributed by atoms with Crippen LogP contribution in [0.3, 0.4) is 0 Å². The predicted octanol–water partition coefficient (Wildman–Crippen LogP) is 4.72. The lowest BCUT2D eigenvalue weighted by atomic mass is 10.1. The molecule has 0 unspecified atom stereocenters. The summed E-state index contributed by atoms with van der Waals surface area (Å²) in [5.74, 6) is 0. The minimum absolute atomic E-state index is 0.322. The fourth-order valence-corrected chi connectivity index (χ4v) is 3.30. The van der Waals surface area contributed by atoms with Gasteiger partial charge in [-0.05, 0) is 57.5 Å². The van der Waals surface area contributed by atoms with E-state index in [1.807, 2.05) is 0 Å². The van der Waals surface area contributed by atoms with Crippen molar-refractivity contribution in [2.45, 2.75) is 46.4 Å². The Hall–Kier alpha value is -1.84. The Morgan fingerprint density at radius 2 is 1.83 bits per heavy atom. The second kappa shape index (κ2) is 7.82. The number of para-hydroxylation sites is 1. The van der Waals surface area contributed by atoms with Crippen LogP contribution in [0.15, 0.2) is 42.5 Å². The third-order valence-corrected chi connectivity index (χ3v) is 4.43. The van der Waals surface area contributed by atoms with Gasteiger partial charge in [0.2, 0.25) is 0 Å². The fraction of sp³-hybridized carbons (Fsp3) is 0.429. The molecule has 0 saturated heterocycles. The zero-order valence-corrected chi connectivity index (χ0v) is 15.0. The highest BCUT2D eigenvalue weighted by molar-refractivity contribution is 6.08. The van der Waals surface area contributed by atoms with E-state index in [0.717, 1.165) is 32.7 Å². The van der Waals surface area contributed by atoms with Crippen molar-refractivity contribution in [3.05, 3.63) is 48.0 Å². The smallest absolute Gasteiger partial charge is 0.0518 e. The van der Waals surface area contributed by atoms with Crippen molar-refractivity contribution in [1.82, 2.24) is 9.88 Å². The molecule has 0 bridgehead atoms. The minimum atomic E-state index is 0.322. The van der Waals surface area contributed by atoms with Crippen LogP contribution in [0.5, 0.6) is 0 Å². The summed E-state index contributed by atoms with van der Waals surface area (Å²) in [6, 6.07) is 15.5. The molecule has 0 aliphatic carbocycles. The summed E-state index contributed by atoms with van der Waals surface area (Å²) in [5, 5.41) is 6.23. The number of rotatable bonds is 8. The van der Waals surface area contributed by atoms with Gasteiger partial charge in [-0.15, -0.1) is 0 Å². The van der Waals surface area contributed by atoms with E-state index in [2.05, 4.69) is 73.1 Å². The van der Waals surface area contributed by atoms with Gasteiger partial charge in [0, 0.05) is 41.5 Å². The van der Waals surface area contributed by atoms with Gasteiger partial charge in [0.15, 0.2) is 0 Å². The highest BCUT2D eigenvalue weighted by Crippen LogP contribution is 2.29. The van der Waals surface area contributed by atoms with Crippen molar-refractivity contribution in [1.29, 1.82) is 0 Å². The lowest BCUT2D eigenvalue weighted by Crippen LogP contribution is -2.17. The second-order valence-electron chi connectivity index (χ2n) is 6.56. The molecule has 3 rings (SSSR count). The minimum Gasteiger partial charge on any atom is -0.379 e. The summed E-state index contributed by atoms with van der Waals surface area (Å²) < 4.78 is 7.97. The van der Waals surface area contributed by atoms with E-state index >= 15 is 0 Å². The van der Waals surface area contributed by atoms with Crippen LogP contribution in [-0.2, 0) is 17.8 Å². The standard InChI is InChI=1S/C21H28N2O/c1-4-23-20-9-6-5-8-18(20)19-14-17(10-11-21(19)23)15-22-12-7-13-24-16(2)3/h5-6,8-11,14,16,22H,4,7,12-13,15H2,1-3H3. The monoisotopic (exact) mass is 324 g/mol. The van der Waals surface area contributed by atoms with Gasteiger partial charge in [0.1, 0.15) is 0 Å². The SMILES string of the molecule is CCn1c2ccccc2c2cc(CNCCCOC(C)C)ccc21. The Morgan fingerprint density at radius 1 is 1.04 bits per heavy atom. The van der Waals surface area contributed by atoms with Crippen molar-refractivity contribution in [2.24, 2.45) is 0 Å². The Labute approximate surface area is 144 Å². The molecule has 128 valence electrons. The highest BCUT2D eigenvalue weighted by atomic mass is 16.5. The molecule has 0 atom stereocenters. The zero-order chi connectivity index (χ0) is 16.9. The van der Waals surface area contributed by atoms with E-state index in [4.69, 9.17) is 4.74 Å². The second-order valence-corrected chi connectivity index (χ2v) is 6.56. The molecule has 2 aromatic carbocycles. The van der Waals surface area contributed by atoms with Gasteiger partial charge in [-0.2, -0.15) is 0 Å². The maximum atomic E-state index is 5.57. The van der Waals surface area contributed by atoms with Crippen LogP contribution in [0.4, 0.5) is 0 Å². The van der Waals surface area contributed by atoms with Crippen molar-refractivity contribution >= 4 is 21.8 Å². The van der Waals surface area contributed by atoms with Crippen LogP contribution in [0.25, 0.3) is 21.8 Å². The molecule has 0 aliphatic rings. The predicted molar refractivity (Wildman–Crippen MR) is 103 cm³/mol. The number of nitrogens with one attached hydrogen (secondary N) is 1. The number of aromatic nitrogens is 1. The van der Waals surface area contributed by atoms with Crippen LogP contribution in [-0.4, -0.2) is 23.8 Å². The Balaban J connectivity index is 1.71. The molecule has 1 N–H and O–H groups in total. The van der Waals surface area contributed by atoms with Crippen molar-refractivity contribution in [3.63, 3.8) is 0 Å². The largest absolute Gasteiger partial charge is 0.379 e. The van der Waals surface area contributed by atoms with Crippen LogP contribution in [0.1, 0.15) is 32.8 Å². The molecule has 0 saturated carbocycles. The molecular weight excluding hydrogens is 296 g/mol. The average Bonchev–Trinajstić information content (AvgIpc) is 2.91. The van der Waals surface area contributed by atoms with Crippen LogP contribution < -0.4 is 5.32 Å². The van der Waals surface area contributed by atoms with Crippen LogP contribution in [0, 0.1) is 0 Å². The van der Waals surface area contributed by atoms with Crippen molar-refractivity contribution < 1.29 is 4.74 Å².